The molecule has 0 radical (unpaired) electrons. The number of halogens is 7. The van der Waals surface area contributed by atoms with E-state index in [0.717, 1.165) is 66.2 Å². The summed E-state index contributed by atoms with van der Waals surface area (Å²) in [6.45, 7) is 2.80. The van der Waals surface area contributed by atoms with Gasteiger partial charge in [0.1, 0.15) is 0 Å². The number of amides is 3. The van der Waals surface area contributed by atoms with Crippen molar-refractivity contribution in [1.29, 1.82) is 0 Å². The van der Waals surface area contributed by atoms with Gasteiger partial charge in [0.25, 0.3) is 23.0 Å². The van der Waals surface area contributed by atoms with E-state index in [4.69, 9.17) is 21.1 Å². The van der Waals surface area contributed by atoms with Crippen LogP contribution >= 0.6 is 11.6 Å². The van der Waals surface area contributed by atoms with Crippen molar-refractivity contribution in [3.05, 3.63) is 154 Å². The zero-order valence-corrected chi connectivity index (χ0v) is 32.5. The number of benzene rings is 5. The minimum Gasteiger partial charge on any atom is -0.493 e. The molecule has 17 heteroatoms. The van der Waals surface area contributed by atoms with Gasteiger partial charge in [-0.05, 0) is 141 Å². The summed E-state index contributed by atoms with van der Waals surface area (Å²) < 4.78 is 85.4. The van der Waals surface area contributed by atoms with Gasteiger partial charge >= 0.3 is 12.4 Å². The number of anilines is 2. The average Bonchev–Trinajstić information content (AvgIpc) is 3.23. The molecular weight excluding hydrogens is 818 g/mol. The number of rotatable bonds is 10. The third-order valence-corrected chi connectivity index (χ3v) is 8.96. The first kappa shape index (κ1) is 44.4. The summed E-state index contributed by atoms with van der Waals surface area (Å²) in [5.74, 6) is -0.150. The van der Waals surface area contributed by atoms with Crippen LogP contribution in [0, 0.1) is 0 Å². The number of hydrogen-bond donors (Lipinski definition) is 2. The van der Waals surface area contributed by atoms with E-state index in [1.54, 1.807) is 31.4 Å². The van der Waals surface area contributed by atoms with Gasteiger partial charge in [0, 0.05) is 45.7 Å². The molecule has 0 unspecified atom stereocenters. The molecule has 60 heavy (non-hydrogen) atoms. The van der Waals surface area contributed by atoms with Crippen LogP contribution in [-0.4, -0.2) is 53.9 Å². The van der Waals surface area contributed by atoms with Crippen LogP contribution in [0.15, 0.2) is 120 Å². The predicted molar refractivity (Wildman–Crippen MR) is 213 cm³/mol. The molecule has 0 bridgehead atoms. The molecule has 0 spiro atoms. The average molecular weight is 853 g/mol. The largest absolute Gasteiger partial charge is 0.493 e. The van der Waals surface area contributed by atoms with Gasteiger partial charge in [0.05, 0.1) is 30.6 Å². The van der Waals surface area contributed by atoms with Crippen LogP contribution in [0.25, 0.3) is 0 Å². The predicted octanol–water partition coefficient (Wildman–Crippen LogP) is 10.3. The van der Waals surface area contributed by atoms with Crippen molar-refractivity contribution < 1.29 is 55.0 Å². The molecule has 0 saturated carbocycles. The maximum absolute atomic E-state index is 13.4. The summed E-state index contributed by atoms with van der Waals surface area (Å²) in [6.07, 6.45) is -7.47. The standard InChI is InChI=1S/C35H31F3N4O5.C8H4ClF3O/c1-3-47-31-21-24(13-18-30(31)46-2)29-8-5-19-42(41-29)34(45)25-6-4-7-28(20-25)40-33(44)23-11-16-27(17-12-23)39-32(43)22-9-14-26(15-10-22)35(36,37)38;9-7(13)5-1-3-6(4-2-5)8(10,11)12/h4,6-7,9-18,20-21H,3,5,8,19H2,1-2H3,(H,39,43)(H,40,44);1-4H. The Kier molecular flexibility index (Phi) is 14.3. The van der Waals surface area contributed by atoms with Crippen LogP contribution in [0.4, 0.5) is 37.7 Å². The second kappa shape index (κ2) is 19.4. The van der Waals surface area contributed by atoms with Gasteiger partial charge in [-0.15, -0.1) is 0 Å². The van der Waals surface area contributed by atoms with Crippen molar-refractivity contribution in [3.63, 3.8) is 0 Å². The van der Waals surface area contributed by atoms with E-state index in [0.29, 0.717) is 48.0 Å². The minimum atomic E-state index is -4.50. The first-order chi connectivity index (χ1) is 28.5. The van der Waals surface area contributed by atoms with E-state index in [9.17, 15) is 45.5 Å². The number of nitrogens with zero attached hydrogens (tertiary/aromatic N) is 2. The van der Waals surface area contributed by atoms with Gasteiger partial charge < -0.3 is 20.1 Å². The Morgan fingerprint density at radius 1 is 0.683 bits per heavy atom. The van der Waals surface area contributed by atoms with Crippen LogP contribution in [-0.2, 0) is 12.4 Å². The highest BCUT2D eigenvalue weighted by atomic mass is 35.5. The first-order valence-electron chi connectivity index (χ1n) is 18.0. The number of methoxy groups -OCH3 is 1. The van der Waals surface area contributed by atoms with Gasteiger partial charge in [0.15, 0.2) is 11.5 Å². The van der Waals surface area contributed by atoms with E-state index in [1.807, 2.05) is 25.1 Å². The fourth-order valence-corrected chi connectivity index (χ4v) is 5.83. The van der Waals surface area contributed by atoms with E-state index in [-0.39, 0.29) is 22.6 Å². The number of hydrazone groups is 1. The third kappa shape index (κ3) is 11.7. The molecule has 6 rings (SSSR count). The lowest BCUT2D eigenvalue weighted by Crippen LogP contribution is -2.32. The van der Waals surface area contributed by atoms with Crippen molar-refractivity contribution >= 4 is 51.7 Å². The van der Waals surface area contributed by atoms with Crippen molar-refractivity contribution in [2.75, 3.05) is 30.9 Å². The van der Waals surface area contributed by atoms with Crippen molar-refractivity contribution in [3.8, 4) is 11.5 Å². The van der Waals surface area contributed by atoms with E-state index >= 15 is 0 Å². The Bertz CT molecular complexity index is 2370. The molecule has 1 aliphatic rings. The fraction of sp³-hybridized carbons (Fsp3) is 0.186. The molecule has 5 aromatic carbocycles. The van der Waals surface area contributed by atoms with E-state index in [2.05, 4.69) is 15.7 Å². The summed E-state index contributed by atoms with van der Waals surface area (Å²) in [5.41, 5.74) is 1.41. The summed E-state index contributed by atoms with van der Waals surface area (Å²) in [4.78, 5) is 49.3. The molecule has 1 aliphatic heterocycles. The molecule has 0 aromatic heterocycles. The minimum absolute atomic E-state index is 0.0506. The Morgan fingerprint density at radius 2 is 1.23 bits per heavy atom. The van der Waals surface area contributed by atoms with Crippen molar-refractivity contribution in [1.82, 2.24) is 5.01 Å². The second-order valence-corrected chi connectivity index (χ2v) is 13.2. The lowest BCUT2D eigenvalue weighted by molar-refractivity contribution is -0.138. The Balaban J connectivity index is 0.000000448. The van der Waals surface area contributed by atoms with Crippen LogP contribution in [0.5, 0.6) is 11.5 Å². The lowest BCUT2D eigenvalue weighted by atomic mass is 10.0. The van der Waals surface area contributed by atoms with Crippen molar-refractivity contribution in [2.45, 2.75) is 32.1 Å². The number of hydrogen-bond acceptors (Lipinski definition) is 7. The number of nitrogens with one attached hydrogen (secondary N) is 2. The van der Waals surface area contributed by atoms with Crippen molar-refractivity contribution in [2.24, 2.45) is 5.10 Å². The molecular formula is C43H35ClF6N4O6. The number of ether oxygens (including phenoxy) is 2. The molecule has 2 N–H and O–H groups in total. The second-order valence-electron chi connectivity index (χ2n) is 12.9. The van der Waals surface area contributed by atoms with Gasteiger partial charge in [-0.3, -0.25) is 19.2 Å². The van der Waals surface area contributed by atoms with Crippen LogP contribution in [0.1, 0.15) is 77.9 Å². The number of carbonyl (C=O) groups excluding carboxylic acids is 4. The molecule has 10 nitrogen and oxygen atoms in total. The third-order valence-electron chi connectivity index (χ3n) is 8.74. The smallest absolute Gasteiger partial charge is 0.416 e. The zero-order chi connectivity index (χ0) is 43.6. The highest BCUT2D eigenvalue weighted by molar-refractivity contribution is 6.67. The lowest BCUT2D eigenvalue weighted by Gasteiger charge is -2.24. The summed E-state index contributed by atoms with van der Waals surface area (Å²) in [7, 11) is 1.57. The highest BCUT2D eigenvalue weighted by Gasteiger charge is 2.31. The topological polar surface area (TPSA) is 126 Å². The monoisotopic (exact) mass is 852 g/mol. The fourth-order valence-electron chi connectivity index (χ4n) is 5.71. The normalized spacial score (nSPS) is 12.6. The maximum atomic E-state index is 13.4. The molecule has 0 saturated heterocycles. The summed E-state index contributed by atoms with van der Waals surface area (Å²) in [6, 6.07) is 25.6. The quantitative estimate of drug-likeness (QED) is 0.106. The van der Waals surface area contributed by atoms with Gasteiger partial charge in [-0.1, -0.05) is 6.07 Å². The molecule has 5 aromatic rings. The molecule has 0 aliphatic carbocycles. The van der Waals surface area contributed by atoms with Gasteiger partial charge in [-0.2, -0.15) is 31.4 Å². The Labute approximate surface area is 344 Å². The SMILES string of the molecule is CCOc1cc(C2=NN(C(=O)c3cccc(NC(=O)c4ccc(NC(=O)c5ccc(C(F)(F)F)cc5)cc4)c3)CCC2)ccc1OC.O=C(Cl)c1ccc(C(F)(F)F)cc1. The molecule has 0 fully saturated rings. The Hall–Kier alpha value is -6.68. The molecule has 1 heterocycles. The van der Waals surface area contributed by atoms with E-state index in [1.165, 1.54) is 29.3 Å². The first-order valence-corrected chi connectivity index (χ1v) is 18.4. The molecule has 312 valence electrons. The maximum Gasteiger partial charge on any atom is 0.416 e. The van der Waals surface area contributed by atoms with Crippen LogP contribution in [0.2, 0.25) is 0 Å². The van der Waals surface area contributed by atoms with Gasteiger partial charge in [0.2, 0.25) is 0 Å². The van der Waals surface area contributed by atoms with Crippen LogP contribution < -0.4 is 20.1 Å². The Morgan fingerprint density at radius 3 is 1.77 bits per heavy atom. The summed E-state index contributed by atoms with van der Waals surface area (Å²) >= 11 is 5.05. The summed E-state index contributed by atoms with van der Waals surface area (Å²) in [5, 5.41) is 10.6. The van der Waals surface area contributed by atoms with E-state index < -0.39 is 40.5 Å². The molecule has 0 atom stereocenters. The zero-order valence-electron chi connectivity index (χ0n) is 31.8. The molecule has 3 amide bonds. The number of carbonyl (C=O) groups is 4. The van der Waals surface area contributed by atoms with Crippen LogP contribution in [0.3, 0.4) is 0 Å². The van der Waals surface area contributed by atoms with Gasteiger partial charge in [-0.25, -0.2) is 5.01 Å². The highest BCUT2D eigenvalue weighted by Crippen LogP contribution is 2.32. The number of alkyl halides is 6.